The molecule has 0 aliphatic heterocycles. The number of carbonyl (C=O) groups excluding carboxylic acids is 2. The van der Waals surface area contributed by atoms with Crippen molar-refractivity contribution in [3.8, 4) is 5.75 Å². The first-order valence-electron chi connectivity index (χ1n) is 4.87. The molecule has 0 spiro atoms. The molecule has 1 heterocycles. The molecule has 1 aromatic heterocycles. The highest BCUT2D eigenvalue weighted by molar-refractivity contribution is 5.93. The smallest absolute Gasteiger partial charge is 0.321 e. The molecule has 16 heavy (non-hydrogen) atoms. The second-order valence-electron chi connectivity index (χ2n) is 3.14. The van der Waals surface area contributed by atoms with Gasteiger partial charge in [0.1, 0.15) is 0 Å². The Bertz CT molecular complexity index is 393. The Kier molecular flexibility index (Phi) is 4.26. The molecule has 0 saturated carbocycles. The Balaban J connectivity index is 2.48. The summed E-state index contributed by atoms with van der Waals surface area (Å²) < 4.78 is 1.48. The van der Waals surface area contributed by atoms with Gasteiger partial charge in [-0.25, -0.2) is 4.79 Å². The second kappa shape index (κ2) is 5.69. The fraction of sp³-hybridized carbons (Fsp3) is 0.300. The molecule has 86 valence electrons. The van der Waals surface area contributed by atoms with Crippen LogP contribution < -0.4 is 15.2 Å². The van der Waals surface area contributed by atoms with Crippen LogP contribution in [-0.2, 0) is 11.3 Å². The van der Waals surface area contributed by atoms with E-state index in [1.807, 2.05) is 0 Å². The summed E-state index contributed by atoms with van der Waals surface area (Å²) in [6.45, 7) is 2.19. The Morgan fingerprint density at radius 3 is 2.88 bits per heavy atom. The van der Waals surface area contributed by atoms with Crippen LogP contribution in [-0.4, -0.2) is 23.6 Å². The number of nitrogens with one attached hydrogen (secondary N) is 2. The van der Waals surface area contributed by atoms with Gasteiger partial charge in [0.25, 0.3) is 5.91 Å². The van der Waals surface area contributed by atoms with Crippen molar-refractivity contribution in [1.29, 1.82) is 0 Å². The number of imide groups is 1. The van der Waals surface area contributed by atoms with E-state index in [9.17, 15) is 9.59 Å². The maximum atomic E-state index is 11.3. The lowest BCUT2D eigenvalue weighted by molar-refractivity contribution is -0.684. The van der Waals surface area contributed by atoms with Crippen molar-refractivity contribution in [3.05, 3.63) is 24.5 Å². The summed E-state index contributed by atoms with van der Waals surface area (Å²) in [6.07, 6.45) is 3.02. The van der Waals surface area contributed by atoms with Gasteiger partial charge >= 0.3 is 6.03 Å². The highest BCUT2D eigenvalue weighted by Crippen LogP contribution is 1.99. The van der Waals surface area contributed by atoms with Crippen molar-refractivity contribution in [2.45, 2.75) is 13.5 Å². The number of rotatable bonds is 3. The van der Waals surface area contributed by atoms with E-state index in [0.717, 1.165) is 0 Å². The van der Waals surface area contributed by atoms with Gasteiger partial charge in [0.2, 0.25) is 12.7 Å². The number of aromatic hydroxyl groups is 1. The first-order chi connectivity index (χ1) is 7.61. The molecular formula is C10H14N3O3+. The number of nitrogens with zero attached hydrogens (tertiary/aromatic N) is 1. The molecule has 0 aromatic carbocycles. The fourth-order valence-corrected chi connectivity index (χ4v) is 1.14. The Morgan fingerprint density at radius 2 is 2.25 bits per heavy atom. The quantitative estimate of drug-likeness (QED) is 0.607. The lowest BCUT2D eigenvalue weighted by Crippen LogP contribution is -2.47. The van der Waals surface area contributed by atoms with Gasteiger partial charge in [0.15, 0.2) is 11.9 Å². The standard InChI is InChI=1S/C10H13N3O3/c1-2-11-10(16)12-9(15)7-13-5-3-4-8(14)6-13/h3-6H,2,7H2,1H3,(H2-,11,12,14,15,16)/p+1. The maximum Gasteiger partial charge on any atom is 0.321 e. The Labute approximate surface area is 92.9 Å². The summed E-state index contributed by atoms with van der Waals surface area (Å²) in [4.78, 5) is 22.3. The van der Waals surface area contributed by atoms with Crippen molar-refractivity contribution in [3.63, 3.8) is 0 Å². The summed E-state index contributed by atoms with van der Waals surface area (Å²) in [6, 6.07) is 2.58. The van der Waals surface area contributed by atoms with E-state index in [-0.39, 0.29) is 12.3 Å². The molecule has 3 amide bonds. The minimum atomic E-state index is -0.520. The van der Waals surface area contributed by atoms with Crippen molar-refractivity contribution >= 4 is 11.9 Å². The third kappa shape index (κ3) is 3.95. The van der Waals surface area contributed by atoms with E-state index < -0.39 is 11.9 Å². The normalized spacial score (nSPS) is 9.56. The molecule has 0 saturated heterocycles. The molecule has 3 N–H and O–H groups in total. The SMILES string of the molecule is CCNC(=O)NC(=O)C[n+]1cccc(O)c1. The highest BCUT2D eigenvalue weighted by atomic mass is 16.3. The molecule has 1 rings (SSSR count). The number of carbonyl (C=O) groups is 2. The summed E-state index contributed by atoms with van der Waals surface area (Å²) in [5, 5.41) is 13.8. The van der Waals surface area contributed by atoms with Gasteiger partial charge in [-0.2, -0.15) is 4.57 Å². The summed E-state index contributed by atoms with van der Waals surface area (Å²) in [5.41, 5.74) is 0. The molecule has 0 aliphatic rings. The van der Waals surface area contributed by atoms with Crippen LogP contribution in [0.4, 0.5) is 4.79 Å². The zero-order valence-electron chi connectivity index (χ0n) is 8.93. The minimum Gasteiger partial charge on any atom is -0.503 e. The molecule has 1 aromatic rings. The van der Waals surface area contributed by atoms with E-state index in [1.54, 1.807) is 19.2 Å². The molecule has 0 bridgehead atoms. The van der Waals surface area contributed by atoms with Crippen LogP contribution in [0.5, 0.6) is 5.75 Å². The maximum absolute atomic E-state index is 11.3. The average molecular weight is 224 g/mol. The van der Waals surface area contributed by atoms with Crippen molar-refractivity contribution in [2.75, 3.05) is 6.54 Å². The molecule has 0 aliphatic carbocycles. The van der Waals surface area contributed by atoms with E-state index in [1.165, 1.54) is 16.8 Å². The van der Waals surface area contributed by atoms with Crippen LogP contribution in [0.2, 0.25) is 0 Å². The van der Waals surface area contributed by atoms with Crippen molar-refractivity contribution in [1.82, 2.24) is 10.6 Å². The summed E-state index contributed by atoms with van der Waals surface area (Å²) in [5.74, 6) is -0.380. The molecular weight excluding hydrogens is 210 g/mol. The highest BCUT2D eigenvalue weighted by Gasteiger charge is 2.12. The second-order valence-corrected chi connectivity index (χ2v) is 3.14. The van der Waals surface area contributed by atoms with Crippen LogP contribution in [0.3, 0.4) is 0 Å². The van der Waals surface area contributed by atoms with Gasteiger partial charge < -0.3 is 10.4 Å². The van der Waals surface area contributed by atoms with Gasteiger partial charge in [-0.05, 0) is 13.0 Å². The lowest BCUT2D eigenvalue weighted by atomic mass is 10.4. The zero-order valence-corrected chi connectivity index (χ0v) is 8.93. The van der Waals surface area contributed by atoms with E-state index in [4.69, 9.17) is 5.11 Å². The van der Waals surface area contributed by atoms with E-state index in [0.29, 0.717) is 6.54 Å². The third-order valence-electron chi connectivity index (χ3n) is 1.76. The van der Waals surface area contributed by atoms with Crippen LogP contribution in [0.15, 0.2) is 24.5 Å². The third-order valence-corrected chi connectivity index (χ3v) is 1.76. The predicted octanol–water partition coefficient (Wildman–Crippen LogP) is -0.475. The monoisotopic (exact) mass is 224 g/mol. The van der Waals surface area contributed by atoms with Gasteiger partial charge in [-0.15, -0.1) is 0 Å². The van der Waals surface area contributed by atoms with Crippen LogP contribution in [0.1, 0.15) is 6.92 Å². The summed E-state index contributed by atoms with van der Waals surface area (Å²) in [7, 11) is 0. The van der Waals surface area contributed by atoms with Gasteiger partial charge in [0, 0.05) is 12.6 Å². The summed E-state index contributed by atoms with van der Waals surface area (Å²) >= 11 is 0. The minimum absolute atomic E-state index is 0.0223. The number of hydrogen-bond acceptors (Lipinski definition) is 3. The van der Waals surface area contributed by atoms with Gasteiger partial charge in [-0.3, -0.25) is 10.1 Å². The van der Waals surface area contributed by atoms with Crippen LogP contribution in [0, 0.1) is 0 Å². The topological polar surface area (TPSA) is 82.3 Å². The first-order valence-corrected chi connectivity index (χ1v) is 4.87. The average Bonchev–Trinajstić information content (AvgIpc) is 2.17. The predicted molar refractivity (Wildman–Crippen MR) is 55.5 cm³/mol. The number of aromatic nitrogens is 1. The van der Waals surface area contributed by atoms with Crippen LogP contribution in [0.25, 0.3) is 0 Å². The fourth-order valence-electron chi connectivity index (χ4n) is 1.14. The number of pyridine rings is 1. The largest absolute Gasteiger partial charge is 0.503 e. The zero-order chi connectivity index (χ0) is 12.0. The molecule has 0 fully saturated rings. The van der Waals surface area contributed by atoms with Crippen molar-refractivity contribution in [2.24, 2.45) is 0 Å². The number of hydrogen-bond donors (Lipinski definition) is 3. The van der Waals surface area contributed by atoms with E-state index in [2.05, 4.69) is 10.6 Å². The Hall–Kier alpha value is -2.11. The van der Waals surface area contributed by atoms with E-state index >= 15 is 0 Å². The van der Waals surface area contributed by atoms with Gasteiger partial charge in [-0.1, -0.05) is 0 Å². The molecule has 0 atom stereocenters. The first kappa shape index (κ1) is 12.0. The van der Waals surface area contributed by atoms with Gasteiger partial charge in [0.05, 0.1) is 0 Å². The molecule has 0 unspecified atom stereocenters. The molecule has 6 heteroatoms. The number of urea groups is 1. The number of amides is 3. The van der Waals surface area contributed by atoms with Crippen molar-refractivity contribution < 1.29 is 19.3 Å². The Morgan fingerprint density at radius 1 is 1.50 bits per heavy atom. The van der Waals surface area contributed by atoms with Crippen LogP contribution >= 0.6 is 0 Å². The molecule has 6 nitrogen and oxygen atoms in total. The molecule has 0 radical (unpaired) electrons. The lowest BCUT2D eigenvalue weighted by Gasteiger charge is -2.02.